The summed E-state index contributed by atoms with van der Waals surface area (Å²) < 4.78 is 46.8. The van der Waals surface area contributed by atoms with Crippen molar-refractivity contribution in [1.82, 2.24) is 10.4 Å². The van der Waals surface area contributed by atoms with Gasteiger partial charge < -0.3 is 18.9 Å². The number of ether oxygens (including phenoxy) is 4. The van der Waals surface area contributed by atoms with E-state index in [-0.39, 0.29) is 43.4 Å². The van der Waals surface area contributed by atoms with Gasteiger partial charge in [0.25, 0.3) is 5.91 Å². The van der Waals surface area contributed by atoms with Crippen LogP contribution in [0.3, 0.4) is 0 Å². The number of rotatable bonds is 11. The summed E-state index contributed by atoms with van der Waals surface area (Å²) in [6.07, 6.45) is 2.75. The summed E-state index contributed by atoms with van der Waals surface area (Å²) >= 11 is 0. The summed E-state index contributed by atoms with van der Waals surface area (Å²) in [7, 11) is -0.750. The van der Waals surface area contributed by atoms with Crippen LogP contribution in [0, 0.1) is 0 Å². The van der Waals surface area contributed by atoms with Gasteiger partial charge in [0.05, 0.1) is 25.7 Å². The molecule has 0 atom stereocenters. The lowest BCUT2D eigenvalue weighted by molar-refractivity contribution is -0.134. The number of sulfone groups is 1. The lowest BCUT2D eigenvalue weighted by Crippen LogP contribution is -2.54. The van der Waals surface area contributed by atoms with E-state index in [1.807, 2.05) is 0 Å². The Morgan fingerprint density at radius 1 is 1.05 bits per heavy atom. The Morgan fingerprint density at radius 2 is 1.69 bits per heavy atom. The van der Waals surface area contributed by atoms with Crippen molar-refractivity contribution in [3.8, 4) is 17.2 Å². The molecule has 1 fully saturated rings. The molecule has 2 aliphatic rings. The van der Waals surface area contributed by atoms with Crippen molar-refractivity contribution in [3.05, 3.63) is 47.5 Å². The van der Waals surface area contributed by atoms with Crippen molar-refractivity contribution in [1.29, 1.82) is 0 Å². The standard InChI is InChI=1S/C27H36N2O8S.ClH/c1-34-24-17-20-9-13-29(19-21(20)18-25(24)35-2)12-3-4-14-37-22-5-7-23(8-6-22)38(32,33)27(26(30)28-31)10-15-36-16-11-27;/h5-8,17-18,31H,3-4,9-16,19H2,1-2H3,(H,28,30);1H. The van der Waals surface area contributed by atoms with E-state index < -0.39 is 20.5 Å². The Balaban J connectivity index is 0.00000420. The topological polar surface area (TPSA) is 124 Å². The molecule has 0 bridgehead atoms. The first-order chi connectivity index (χ1) is 18.3. The second-order valence-corrected chi connectivity index (χ2v) is 11.8. The molecule has 0 unspecified atom stereocenters. The van der Waals surface area contributed by atoms with E-state index >= 15 is 0 Å². The average molecular weight is 585 g/mol. The molecular weight excluding hydrogens is 548 g/mol. The smallest absolute Gasteiger partial charge is 0.265 e. The molecule has 10 nitrogen and oxygen atoms in total. The SMILES string of the molecule is COc1cc2c(cc1OC)CN(CCCCOc1ccc(S(=O)(=O)C3(C(=O)NO)CCOCC3)cc1)CC2.Cl. The van der Waals surface area contributed by atoms with E-state index in [2.05, 4.69) is 17.0 Å². The molecule has 0 radical (unpaired) electrons. The Hall–Kier alpha value is -2.57. The van der Waals surface area contributed by atoms with Gasteiger partial charge in [0.15, 0.2) is 26.1 Å². The van der Waals surface area contributed by atoms with Gasteiger partial charge in [-0.3, -0.25) is 14.9 Å². The van der Waals surface area contributed by atoms with Gasteiger partial charge in [0, 0.05) is 26.3 Å². The summed E-state index contributed by atoms with van der Waals surface area (Å²) in [6.45, 7) is 3.57. The van der Waals surface area contributed by atoms with Crippen LogP contribution in [0.15, 0.2) is 41.3 Å². The van der Waals surface area contributed by atoms with E-state index in [1.54, 1.807) is 26.4 Å². The van der Waals surface area contributed by atoms with E-state index in [9.17, 15) is 18.4 Å². The number of halogens is 1. The largest absolute Gasteiger partial charge is 0.494 e. The van der Waals surface area contributed by atoms with E-state index in [4.69, 9.17) is 18.9 Å². The number of hydrogen-bond donors (Lipinski definition) is 2. The summed E-state index contributed by atoms with van der Waals surface area (Å²) in [6, 6.07) is 10.2. The fourth-order valence-electron chi connectivity index (χ4n) is 5.12. The van der Waals surface area contributed by atoms with Gasteiger partial charge in [-0.1, -0.05) is 0 Å². The van der Waals surface area contributed by atoms with E-state index in [0.29, 0.717) is 12.4 Å². The number of amides is 1. The Morgan fingerprint density at radius 3 is 2.31 bits per heavy atom. The normalized spacial score (nSPS) is 16.9. The molecule has 2 N–H and O–H groups in total. The zero-order chi connectivity index (χ0) is 27.2. The van der Waals surface area contributed by atoms with Crippen LogP contribution in [0.25, 0.3) is 0 Å². The summed E-state index contributed by atoms with van der Waals surface area (Å²) in [5.74, 6) is 1.14. The molecule has 0 aromatic heterocycles. The van der Waals surface area contributed by atoms with Crippen molar-refractivity contribution < 1.29 is 37.4 Å². The van der Waals surface area contributed by atoms with Crippen LogP contribution in [0.2, 0.25) is 0 Å². The molecule has 2 heterocycles. The highest BCUT2D eigenvalue weighted by Crippen LogP contribution is 2.36. The van der Waals surface area contributed by atoms with Crippen molar-refractivity contribution in [2.24, 2.45) is 0 Å². The lowest BCUT2D eigenvalue weighted by atomic mass is 9.98. The third kappa shape index (κ3) is 6.60. The van der Waals surface area contributed by atoms with Gasteiger partial charge in [0.1, 0.15) is 5.75 Å². The Bertz CT molecular complexity index is 1220. The van der Waals surface area contributed by atoms with Gasteiger partial charge in [-0.15, -0.1) is 12.4 Å². The van der Waals surface area contributed by atoms with Crippen LogP contribution < -0.4 is 19.7 Å². The molecule has 0 spiro atoms. The van der Waals surface area contributed by atoms with Crippen LogP contribution >= 0.6 is 12.4 Å². The molecule has 2 aliphatic heterocycles. The number of unbranched alkanes of at least 4 members (excludes halogenated alkanes) is 1. The summed E-state index contributed by atoms with van der Waals surface area (Å²) in [4.78, 5) is 14.8. The number of fused-ring (bicyclic) bond motifs is 1. The minimum absolute atomic E-state index is 0. The van der Waals surface area contributed by atoms with Crippen molar-refractivity contribution >= 4 is 28.2 Å². The molecule has 0 saturated carbocycles. The number of hydroxylamine groups is 1. The second-order valence-electron chi connectivity index (χ2n) is 9.58. The number of methoxy groups -OCH3 is 2. The molecule has 0 aliphatic carbocycles. The third-order valence-corrected chi connectivity index (χ3v) is 9.91. The maximum Gasteiger partial charge on any atom is 0.265 e. The minimum Gasteiger partial charge on any atom is -0.494 e. The number of nitrogens with zero attached hydrogens (tertiary/aromatic N) is 1. The highest BCUT2D eigenvalue weighted by Gasteiger charge is 2.52. The quantitative estimate of drug-likeness (QED) is 0.233. The number of carbonyl (C=O) groups is 1. The van der Waals surface area contributed by atoms with Crippen molar-refractivity contribution in [3.63, 3.8) is 0 Å². The maximum absolute atomic E-state index is 13.3. The zero-order valence-corrected chi connectivity index (χ0v) is 23.9. The van der Waals surface area contributed by atoms with Crippen LogP contribution in [0.5, 0.6) is 17.2 Å². The fourth-order valence-corrected chi connectivity index (χ4v) is 7.06. The minimum atomic E-state index is -4.05. The Labute approximate surface area is 235 Å². The van der Waals surface area contributed by atoms with Gasteiger partial charge in [0.2, 0.25) is 0 Å². The van der Waals surface area contributed by atoms with E-state index in [1.165, 1.54) is 28.7 Å². The third-order valence-electron chi connectivity index (χ3n) is 7.40. The fraction of sp³-hybridized carbons (Fsp3) is 0.519. The molecule has 2 aromatic rings. The first-order valence-corrected chi connectivity index (χ1v) is 14.3. The number of carbonyl (C=O) groups excluding carboxylic acids is 1. The monoisotopic (exact) mass is 584 g/mol. The molecule has 216 valence electrons. The maximum atomic E-state index is 13.3. The van der Waals surface area contributed by atoms with Crippen LogP contribution in [0.4, 0.5) is 0 Å². The van der Waals surface area contributed by atoms with E-state index in [0.717, 1.165) is 50.4 Å². The van der Waals surface area contributed by atoms with Crippen molar-refractivity contribution in [2.45, 2.75) is 48.3 Å². The predicted octanol–water partition coefficient (Wildman–Crippen LogP) is 3.17. The zero-order valence-electron chi connectivity index (χ0n) is 22.3. The predicted molar refractivity (Wildman–Crippen MR) is 147 cm³/mol. The molecule has 39 heavy (non-hydrogen) atoms. The van der Waals surface area contributed by atoms with Crippen molar-refractivity contribution in [2.75, 3.05) is 47.1 Å². The molecule has 1 amide bonds. The molecule has 1 saturated heterocycles. The van der Waals surface area contributed by atoms with Crippen LogP contribution in [0.1, 0.15) is 36.8 Å². The lowest BCUT2D eigenvalue weighted by Gasteiger charge is -2.34. The highest BCUT2D eigenvalue weighted by atomic mass is 35.5. The first kappa shape index (κ1) is 31.0. The molecule has 4 rings (SSSR count). The van der Waals surface area contributed by atoms with Crippen LogP contribution in [-0.2, 0) is 32.3 Å². The first-order valence-electron chi connectivity index (χ1n) is 12.8. The number of benzene rings is 2. The molecular formula is C27H37ClN2O8S. The second kappa shape index (κ2) is 13.7. The van der Waals surface area contributed by atoms with Gasteiger partial charge >= 0.3 is 0 Å². The number of hydrogen-bond acceptors (Lipinski definition) is 9. The highest BCUT2D eigenvalue weighted by molar-refractivity contribution is 7.93. The van der Waals surface area contributed by atoms with Gasteiger partial charge in [-0.05, 0) is 86.2 Å². The Kier molecular flexibility index (Phi) is 10.9. The van der Waals surface area contributed by atoms with Gasteiger partial charge in [-0.2, -0.15) is 0 Å². The average Bonchev–Trinajstić information content (AvgIpc) is 2.96. The molecule has 2 aromatic carbocycles. The summed E-state index contributed by atoms with van der Waals surface area (Å²) in [5, 5.41) is 9.18. The van der Waals surface area contributed by atoms with Gasteiger partial charge in [-0.25, -0.2) is 13.9 Å². The molecule has 12 heteroatoms. The summed E-state index contributed by atoms with van der Waals surface area (Å²) in [5.41, 5.74) is 4.09. The van der Waals surface area contributed by atoms with Crippen LogP contribution in [-0.4, -0.2) is 76.3 Å². The number of nitrogens with one attached hydrogen (secondary N) is 1.